The summed E-state index contributed by atoms with van der Waals surface area (Å²) in [5.74, 6) is -1.76. The van der Waals surface area contributed by atoms with Crippen molar-refractivity contribution in [1.82, 2.24) is 19.7 Å². The number of carboxylic acid groups (broad SMARTS) is 1. The Labute approximate surface area is 141 Å². The molecule has 25 heavy (non-hydrogen) atoms. The molecule has 10 heteroatoms. The van der Waals surface area contributed by atoms with E-state index >= 15 is 0 Å². The van der Waals surface area contributed by atoms with Crippen molar-refractivity contribution in [3.8, 4) is 0 Å². The van der Waals surface area contributed by atoms with Crippen LogP contribution in [0.4, 0.5) is 5.69 Å². The van der Waals surface area contributed by atoms with E-state index < -0.39 is 22.5 Å². The van der Waals surface area contributed by atoms with Crippen molar-refractivity contribution in [1.29, 1.82) is 0 Å². The third kappa shape index (κ3) is 3.47. The number of benzene rings is 1. The Morgan fingerprint density at radius 1 is 1.28 bits per heavy atom. The van der Waals surface area contributed by atoms with Gasteiger partial charge >= 0.3 is 5.97 Å². The van der Waals surface area contributed by atoms with Crippen molar-refractivity contribution in [2.24, 2.45) is 0 Å². The number of amides is 1. The van der Waals surface area contributed by atoms with E-state index in [0.717, 1.165) is 31.0 Å². The number of aromatic carboxylic acids is 1. The number of hydrogen-bond donors (Lipinski definition) is 1. The molecule has 1 saturated heterocycles. The first-order valence-electron chi connectivity index (χ1n) is 7.62. The molecular weight excluding hydrogens is 330 g/mol. The zero-order valence-electron chi connectivity index (χ0n) is 13.1. The van der Waals surface area contributed by atoms with Crippen LogP contribution in [-0.2, 0) is 0 Å². The Morgan fingerprint density at radius 3 is 2.68 bits per heavy atom. The van der Waals surface area contributed by atoms with Gasteiger partial charge < -0.3 is 10.0 Å². The predicted octanol–water partition coefficient (Wildman–Crippen LogP) is 1.36. The van der Waals surface area contributed by atoms with Gasteiger partial charge in [-0.3, -0.25) is 14.9 Å². The summed E-state index contributed by atoms with van der Waals surface area (Å²) in [4.78, 5) is 39.6. The first kappa shape index (κ1) is 16.6. The van der Waals surface area contributed by atoms with E-state index in [1.165, 1.54) is 6.33 Å². The average molecular weight is 345 g/mol. The summed E-state index contributed by atoms with van der Waals surface area (Å²) in [7, 11) is 0. The van der Waals surface area contributed by atoms with Gasteiger partial charge in [-0.2, -0.15) is 5.10 Å². The number of hydrogen-bond acceptors (Lipinski definition) is 6. The number of carbonyl (C=O) groups is 2. The summed E-state index contributed by atoms with van der Waals surface area (Å²) in [6.07, 6.45) is 4.58. The molecule has 1 N–H and O–H groups in total. The van der Waals surface area contributed by atoms with Gasteiger partial charge in [-0.1, -0.05) is 0 Å². The predicted molar refractivity (Wildman–Crippen MR) is 84.3 cm³/mol. The molecule has 2 heterocycles. The van der Waals surface area contributed by atoms with Gasteiger partial charge in [0.1, 0.15) is 12.7 Å². The van der Waals surface area contributed by atoms with Crippen LogP contribution in [0.3, 0.4) is 0 Å². The molecule has 3 rings (SSSR count). The highest BCUT2D eigenvalue weighted by Gasteiger charge is 2.27. The highest BCUT2D eigenvalue weighted by Crippen LogP contribution is 2.24. The summed E-state index contributed by atoms with van der Waals surface area (Å²) >= 11 is 0. The quantitative estimate of drug-likeness (QED) is 0.653. The van der Waals surface area contributed by atoms with Crippen LogP contribution < -0.4 is 0 Å². The molecule has 1 aromatic carbocycles. The Morgan fingerprint density at radius 2 is 2.04 bits per heavy atom. The molecule has 0 saturated carbocycles. The van der Waals surface area contributed by atoms with Crippen LogP contribution in [0.2, 0.25) is 0 Å². The number of aromatic nitrogens is 3. The Balaban J connectivity index is 1.87. The van der Waals surface area contributed by atoms with Crippen molar-refractivity contribution in [3.05, 3.63) is 52.1 Å². The molecule has 130 valence electrons. The zero-order chi connectivity index (χ0) is 18.0. The second-order valence-electron chi connectivity index (χ2n) is 5.75. The lowest BCUT2D eigenvalue weighted by Crippen LogP contribution is -2.41. The van der Waals surface area contributed by atoms with Crippen LogP contribution in [-0.4, -0.2) is 54.7 Å². The Kier molecular flexibility index (Phi) is 4.42. The highest BCUT2D eigenvalue weighted by atomic mass is 16.6. The smallest absolute Gasteiger partial charge is 0.335 e. The van der Waals surface area contributed by atoms with Crippen LogP contribution in [0.5, 0.6) is 0 Å². The molecule has 0 bridgehead atoms. The van der Waals surface area contributed by atoms with Crippen LogP contribution in [0, 0.1) is 10.1 Å². The number of carboxylic acids is 1. The van der Waals surface area contributed by atoms with Crippen molar-refractivity contribution in [2.45, 2.75) is 18.9 Å². The molecule has 1 aliphatic heterocycles. The van der Waals surface area contributed by atoms with Crippen molar-refractivity contribution >= 4 is 17.6 Å². The monoisotopic (exact) mass is 345 g/mol. The number of likely N-dealkylation sites (tertiary alicyclic amines) is 1. The molecule has 1 atom stereocenters. The van der Waals surface area contributed by atoms with Crippen molar-refractivity contribution in [3.63, 3.8) is 0 Å². The fraction of sp³-hybridized carbons (Fsp3) is 0.333. The second-order valence-corrected chi connectivity index (χ2v) is 5.75. The number of nitro benzene ring substituents is 1. The minimum Gasteiger partial charge on any atom is -0.478 e. The standard InChI is InChI=1S/C15H15N5O5/c21-14(10-4-11(15(22)23)6-13(5-10)20(24)25)18-3-1-2-12(7-18)19-9-16-8-17-19/h4-6,8-9,12H,1-3,7H2,(H,22,23). The SMILES string of the molecule is O=C(O)c1cc(C(=O)N2CCCC(n3cncn3)C2)cc([N+](=O)[O-])c1. The molecule has 1 aliphatic rings. The molecule has 0 aliphatic carbocycles. The Hall–Kier alpha value is -3.30. The molecule has 1 unspecified atom stereocenters. The van der Waals surface area contributed by atoms with Gasteiger partial charge in [0.2, 0.25) is 0 Å². The van der Waals surface area contributed by atoms with E-state index in [1.54, 1.807) is 15.9 Å². The normalized spacial score (nSPS) is 17.3. The maximum atomic E-state index is 12.7. The average Bonchev–Trinajstić information content (AvgIpc) is 3.15. The van der Waals surface area contributed by atoms with Crippen molar-refractivity contribution < 1.29 is 19.6 Å². The fourth-order valence-corrected chi connectivity index (χ4v) is 2.91. The summed E-state index contributed by atoms with van der Waals surface area (Å²) in [5, 5.41) is 24.2. The second kappa shape index (κ2) is 6.67. The fourth-order valence-electron chi connectivity index (χ4n) is 2.91. The molecular formula is C15H15N5O5. The highest BCUT2D eigenvalue weighted by molar-refractivity contribution is 5.98. The zero-order valence-corrected chi connectivity index (χ0v) is 13.1. The number of non-ortho nitro benzene ring substituents is 1. The maximum Gasteiger partial charge on any atom is 0.335 e. The van der Waals surface area contributed by atoms with Gasteiger partial charge in [0, 0.05) is 30.8 Å². The number of carbonyl (C=O) groups excluding carboxylic acids is 1. The van der Waals surface area contributed by atoms with E-state index in [0.29, 0.717) is 13.1 Å². The van der Waals surface area contributed by atoms with E-state index in [1.807, 2.05) is 0 Å². The van der Waals surface area contributed by atoms with Crippen LogP contribution >= 0.6 is 0 Å². The van der Waals surface area contributed by atoms with Crippen LogP contribution in [0.25, 0.3) is 0 Å². The topological polar surface area (TPSA) is 131 Å². The lowest BCUT2D eigenvalue weighted by atomic mass is 10.0. The van der Waals surface area contributed by atoms with E-state index in [-0.39, 0.29) is 17.2 Å². The first-order valence-corrected chi connectivity index (χ1v) is 7.62. The summed E-state index contributed by atoms with van der Waals surface area (Å²) in [6, 6.07) is 3.18. The van der Waals surface area contributed by atoms with E-state index in [2.05, 4.69) is 10.1 Å². The molecule has 0 spiro atoms. The maximum absolute atomic E-state index is 12.7. The van der Waals surface area contributed by atoms with Gasteiger partial charge in [0.05, 0.1) is 16.5 Å². The van der Waals surface area contributed by atoms with Gasteiger partial charge in [0.25, 0.3) is 11.6 Å². The summed E-state index contributed by atoms with van der Waals surface area (Å²) in [6.45, 7) is 0.877. The molecule has 1 fully saturated rings. The number of rotatable bonds is 4. The number of nitro groups is 1. The van der Waals surface area contributed by atoms with Crippen molar-refractivity contribution in [2.75, 3.05) is 13.1 Å². The Bertz CT molecular complexity index is 787. The van der Waals surface area contributed by atoms with Gasteiger partial charge in [0.15, 0.2) is 0 Å². The lowest BCUT2D eigenvalue weighted by Gasteiger charge is -2.32. The molecule has 10 nitrogen and oxygen atoms in total. The van der Waals surface area contributed by atoms with Gasteiger partial charge in [-0.25, -0.2) is 14.5 Å². The largest absolute Gasteiger partial charge is 0.478 e. The van der Waals surface area contributed by atoms with Gasteiger partial charge in [-0.05, 0) is 18.9 Å². The molecule has 1 amide bonds. The van der Waals surface area contributed by atoms with E-state index in [9.17, 15) is 19.7 Å². The van der Waals surface area contributed by atoms with Crippen LogP contribution in [0.1, 0.15) is 39.6 Å². The minimum absolute atomic E-state index is 0.00848. The third-order valence-electron chi connectivity index (χ3n) is 4.12. The van der Waals surface area contributed by atoms with E-state index in [4.69, 9.17) is 5.11 Å². The minimum atomic E-state index is -1.32. The third-order valence-corrected chi connectivity index (χ3v) is 4.12. The molecule has 0 radical (unpaired) electrons. The molecule has 2 aromatic rings. The van der Waals surface area contributed by atoms with Gasteiger partial charge in [-0.15, -0.1) is 0 Å². The first-order chi connectivity index (χ1) is 12.0. The van der Waals surface area contributed by atoms with Crippen LogP contribution in [0.15, 0.2) is 30.9 Å². The summed E-state index contributed by atoms with van der Waals surface area (Å²) < 4.78 is 1.68. The molecule has 1 aromatic heterocycles. The lowest BCUT2D eigenvalue weighted by molar-refractivity contribution is -0.384. The number of nitrogens with zero attached hydrogens (tertiary/aromatic N) is 5. The number of piperidine rings is 1. The summed E-state index contributed by atoms with van der Waals surface area (Å²) in [5.41, 5.74) is -0.721.